The van der Waals surface area contributed by atoms with E-state index in [1.54, 1.807) is 0 Å². The zero-order valence-corrected chi connectivity index (χ0v) is 8.43. The van der Waals surface area contributed by atoms with Crippen molar-refractivity contribution in [1.29, 1.82) is 0 Å². The van der Waals surface area contributed by atoms with Crippen LogP contribution >= 0.6 is 0 Å². The number of nitrogens with zero attached hydrogens (tertiary/aromatic N) is 1. The van der Waals surface area contributed by atoms with Crippen LogP contribution in [0.5, 0.6) is 0 Å². The number of hydrogen-bond acceptors (Lipinski definition) is 4. The largest absolute Gasteiger partial charge is 0.481 e. The summed E-state index contributed by atoms with van der Waals surface area (Å²) >= 11 is 0. The number of carbonyl (C=O) groups excluding carboxylic acids is 1. The highest BCUT2D eigenvalue weighted by Crippen LogP contribution is 2.16. The van der Waals surface area contributed by atoms with Crippen molar-refractivity contribution in [3.05, 3.63) is 0 Å². The number of aliphatic carboxylic acids is 1. The van der Waals surface area contributed by atoms with E-state index in [1.807, 2.05) is 0 Å². The third-order valence-electron chi connectivity index (χ3n) is 2.57. The molecule has 2 unspecified atom stereocenters. The van der Waals surface area contributed by atoms with Gasteiger partial charge < -0.3 is 20.8 Å². The zero-order valence-electron chi connectivity index (χ0n) is 8.43. The number of rotatable bonds is 4. The molecule has 6 nitrogen and oxygen atoms in total. The predicted molar refractivity (Wildman–Crippen MR) is 52.0 cm³/mol. The number of likely N-dealkylation sites (tertiary alicyclic amines) is 1. The fourth-order valence-electron chi connectivity index (χ4n) is 1.69. The van der Waals surface area contributed by atoms with Gasteiger partial charge in [0.15, 0.2) is 0 Å². The Labute approximate surface area is 87.7 Å². The molecule has 4 N–H and O–H groups in total. The second-order valence-corrected chi connectivity index (χ2v) is 3.83. The number of amides is 1. The number of carboxylic acids is 1. The van der Waals surface area contributed by atoms with Crippen LogP contribution in [0.2, 0.25) is 0 Å². The first-order valence-electron chi connectivity index (χ1n) is 4.91. The highest BCUT2D eigenvalue weighted by atomic mass is 16.4. The van der Waals surface area contributed by atoms with Crippen LogP contribution in [0.15, 0.2) is 0 Å². The van der Waals surface area contributed by atoms with Gasteiger partial charge in [-0.3, -0.25) is 9.59 Å². The second kappa shape index (κ2) is 5.09. The molecular weight excluding hydrogens is 200 g/mol. The van der Waals surface area contributed by atoms with Crippen LogP contribution in [-0.4, -0.2) is 52.7 Å². The molecule has 0 saturated carbocycles. The number of carbonyl (C=O) groups is 2. The molecule has 15 heavy (non-hydrogen) atoms. The van der Waals surface area contributed by atoms with E-state index < -0.39 is 12.0 Å². The van der Waals surface area contributed by atoms with Crippen molar-refractivity contribution in [1.82, 2.24) is 4.90 Å². The number of aliphatic hydroxyl groups is 1. The smallest absolute Gasteiger partial charge is 0.305 e. The Kier molecular flexibility index (Phi) is 4.05. The quantitative estimate of drug-likeness (QED) is 0.538. The van der Waals surface area contributed by atoms with Crippen molar-refractivity contribution in [3.8, 4) is 0 Å². The minimum absolute atomic E-state index is 0.0535. The molecule has 86 valence electrons. The molecule has 6 heteroatoms. The summed E-state index contributed by atoms with van der Waals surface area (Å²) in [6, 6.07) is -0.972. The van der Waals surface area contributed by atoms with Crippen LogP contribution in [0.3, 0.4) is 0 Å². The van der Waals surface area contributed by atoms with Gasteiger partial charge in [0, 0.05) is 25.6 Å². The molecule has 1 fully saturated rings. The summed E-state index contributed by atoms with van der Waals surface area (Å²) in [6.45, 7) is 1.08. The summed E-state index contributed by atoms with van der Waals surface area (Å²) in [7, 11) is 0. The summed E-state index contributed by atoms with van der Waals surface area (Å²) in [4.78, 5) is 23.5. The fraction of sp³-hybridized carbons (Fsp3) is 0.778. The Morgan fingerprint density at radius 3 is 2.67 bits per heavy atom. The third kappa shape index (κ3) is 3.17. The molecular formula is C9H16N2O4. The van der Waals surface area contributed by atoms with E-state index >= 15 is 0 Å². The molecule has 0 aromatic carbocycles. The van der Waals surface area contributed by atoms with Gasteiger partial charge in [-0.1, -0.05) is 0 Å². The maximum atomic E-state index is 11.6. The molecule has 1 aliphatic rings. The average Bonchev–Trinajstić information content (AvgIpc) is 2.63. The van der Waals surface area contributed by atoms with E-state index in [4.69, 9.17) is 15.9 Å². The van der Waals surface area contributed by atoms with Gasteiger partial charge in [0.05, 0.1) is 12.5 Å². The Hall–Kier alpha value is -1.14. The molecule has 1 amide bonds. The number of nitrogens with two attached hydrogens (primary N) is 1. The molecule has 1 aliphatic heterocycles. The number of aliphatic hydroxyl groups excluding tert-OH is 1. The van der Waals surface area contributed by atoms with Gasteiger partial charge in [0.1, 0.15) is 0 Å². The molecule has 1 rings (SSSR count). The highest BCUT2D eigenvalue weighted by Gasteiger charge is 2.29. The lowest BCUT2D eigenvalue weighted by molar-refractivity contribution is -0.141. The van der Waals surface area contributed by atoms with Gasteiger partial charge >= 0.3 is 5.97 Å². The van der Waals surface area contributed by atoms with Crippen LogP contribution in [0, 0.1) is 5.92 Å². The summed E-state index contributed by atoms with van der Waals surface area (Å²) in [5, 5.41) is 17.4. The minimum atomic E-state index is -1.08. The van der Waals surface area contributed by atoms with E-state index in [0.29, 0.717) is 13.1 Å². The Balaban J connectivity index is 2.44. The van der Waals surface area contributed by atoms with Crippen LogP contribution < -0.4 is 5.73 Å². The summed E-state index contributed by atoms with van der Waals surface area (Å²) in [5.74, 6) is -1.31. The van der Waals surface area contributed by atoms with Crippen molar-refractivity contribution < 1.29 is 19.8 Å². The normalized spacial score (nSPS) is 22.8. The van der Waals surface area contributed by atoms with Crippen LogP contribution in [-0.2, 0) is 9.59 Å². The third-order valence-corrected chi connectivity index (χ3v) is 2.57. The zero-order chi connectivity index (χ0) is 11.4. The van der Waals surface area contributed by atoms with E-state index in [0.717, 1.165) is 6.42 Å². The lowest BCUT2D eigenvalue weighted by Gasteiger charge is -2.19. The first-order chi connectivity index (χ1) is 7.04. The Morgan fingerprint density at radius 1 is 1.53 bits per heavy atom. The average molecular weight is 216 g/mol. The Bertz CT molecular complexity index is 256. The van der Waals surface area contributed by atoms with E-state index in [9.17, 15) is 9.59 Å². The maximum absolute atomic E-state index is 11.6. The predicted octanol–water partition coefficient (Wildman–Crippen LogP) is -1.37. The molecule has 1 heterocycles. The number of carboxylic acid groups (broad SMARTS) is 1. The Morgan fingerprint density at radius 2 is 2.20 bits per heavy atom. The topological polar surface area (TPSA) is 104 Å². The molecule has 0 bridgehead atoms. The molecule has 2 atom stereocenters. The number of hydrogen-bond donors (Lipinski definition) is 3. The molecule has 0 aromatic rings. The van der Waals surface area contributed by atoms with E-state index in [1.165, 1.54) is 4.90 Å². The summed E-state index contributed by atoms with van der Waals surface area (Å²) in [5.41, 5.74) is 5.45. The molecule has 0 radical (unpaired) electrons. The van der Waals surface area contributed by atoms with Crippen molar-refractivity contribution >= 4 is 11.9 Å². The van der Waals surface area contributed by atoms with Crippen molar-refractivity contribution in [3.63, 3.8) is 0 Å². The summed E-state index contributed by atoms with van der Waals surface area (Å²) < 4.78 is 0. The van der Waals surface area contributed by atoms with Gasteiger partial charge in [0.2, 0.25) is 5.91 Å². The second-order valence-electron chi connectivity index (χ2n) is 3.83. The van der Waals surface area contributed by atoms with Crippen LogP contribution in [0.25, 0.3) is 0 Å². The molecule has 0 spiro atoms. The first-order valence-corrected chi connectivity index (χ1v) is 4.91. The van der Waals surface area contributed by atoms with Crippen LogP contribution in [0.1, 0.15) is 12.8 Å². The minimum Gasteiger partial charge on any atom is -0.481 e. The SMILES string of the molecule is NC(CC(=O)O)C(=O)N1CCC(CO)C1. The first kappa shape index (κ1) is 11.9. The molecule has 1 saturated heterocycles. The van der Waals surface area contributed by atoms with Gasteiger partial charge in [-0.25, -0.2) is 0 Å². The van der Waals surface area contributed by atoms with Crippen molar-refractivity contribution in [2.45, 2.75) is 18.9 Å². The lowest BCUT2D eigenvalue weighted by Crippen LogP contribution is -2.43. The summed E-state index contributed by atoms with van der Waals surface area (Å²) in [6.07, 6.45) is 0.404. The molecule has 0 aliphatic carbocycles. The van der Waals surface area contributed by atoms with E-state index in [-0.39, 0.29) is 24.9 Å². The van der Waals surface area contributed by atoms with Gasteiger partial charge in [-0.05, 0) is 6.42 Å². The van der Waals surface area contributed by atoms with E-state index in [2.05, 4.69) is 0 Å². The molecule has 0 aromatic heterocycles. The van der Waals surface area contributed by atoms with Gasteiger partial charge in [-0.15, -0.1) is 0 Å². The van der Waals surface area contributed by atoms with Crippen molar-refractivity contribution in [2.75, 3.05) is 19.7 Å². The standard InChI is InChI=1S/C9H16N2O4/c10-7(3-8(13)14)9(15)11-2-1-6(4-11)5-12/h6-7,12H,1-5,10H2,(H,13,14). The monoisotopic (exact) mass is 216 g/mol. The van der Waals surface area contributed by atoms with Gasteiger partial charge in [0.25, 0.3) is 0 Å². The van der Waals surface area contributed by atoms with Crippen LogP contribution in [0.4, 0.5) is 0 Å². The fourth-order valence-corrected chi connectivity index (χ4v) is 1.69. The lowest BCUT2D eigenvalue weighted by atomic mass is 10.1. The highest BCUT2D eigenvalue weighted by molar-refractivity contribution is 5.86. The van der Waals surface area contributed by atoms with Crippen molar-refractivity contribution in [2.24, 2.45) is 11.7 Å². The van der Waals surface area contributed by atoms with Gasteiger partial charge in [-0.2, -0.15) is 0 Å². The maximum Gasteiger partial charge on any atom is 0.305 e.